The zero-order valence-electron chi connectivity index (χ0n) is 17.7. The van der Waals surface area contributed by atoms with Crippen molar-refractivity contribution < 1.29 is 36.7 Å². The first-order valence-corrected chi connectivity index (χ1v) is 9.33. The summed E-state index contributed by atoms with van der Waals surface area (Å²) in [7, 11) is 2.53. The molecule has 3 rings (SSSR count). The molecule has 9 nitrogen and oxygen atoms in total. The number of carbonyl (C=O) groups is 1. The number of hydrogen-bond acceptors (Lipinski definition) is 8. The normalized spacial score (nSPS) is 11.9. The molecule has 0 fully saturated rings. The van der Waals surface area contributed by atoms with E-state index in [0.29, 0.717) is 17.2 Å². The highest BCUT2D eigenvalue weighted by atomic mass is 19.4. The molecule has 2 heterocycles. The number of pyridine rings is 1. The Labute approximate surface area is 185 Å². The van der Waals surface area contributed by atoms with E-state index in [-0.39, 0.29) is 29.8 Å². The summed E-state index contributed by atoms with van der Waals surface area (Å²) in [6.07, 6.45) is -2.51. The van der Waals surface area contributed by atoms with Crippen LogP contribution in [0.2, 0.25) is 0 Å². The van der Waals surface area contributed by atoms with Gasteiger partial charge in [-0.3, -0.25) is 4.79 Å². The molecular formula is C21H18F3N3O6. The van der Waals surface area contributed by atoms with E-state index in [1.807, 2.05) is 0 Å². The first kappa shape index (κ1) is 23.6. The van der Waals surface area contributed by atoms with Gasteiger partial charge in [-0.05, 0) is 30.7 Å². The van der Waals surface area contributed by atoms with Gasteiger partial charge >= 0.3 is 12.1 Å². The molecule has 0 saturated carbocycles. The van der Waals surface area contributed by atoms with Crippen molar-refractivity contribution in [3.8, 4) is 17.1 Å². The molecule has 0 aliphatic carbocycles. The second-order valence-electron chi connectivity index (χ2n) is 6.66. The molecule has 0 bridgehead atoms. The van der Waals surface area contributed by atoms with Gasteiger partial charge < -0.3 is 23.3 Å². The smallest absolute Gasteiger partial charge is 0.421 e. The van der Waals surface area contributed by atoms with E-state index < -0.39 is 23.3 Å². The molecule has 174 valence electrons. The van der Waals surface area contributed by atoms with E-state index in [1.54, 1.807) is 19.1 Å². The molecule has 0 aliphatic heterocycles. The fraction of sp³-hybridized carbons (Fsp3) is 0.238. The molecule has 0 aliphatic rings. The number of halogens is 3. The van der Waals surface area contributed by atoms with Crippen LogP contribution in [0.25, 0.3) is 11.4 Å². The molecule has 0 N–H and O–H groups in total. The molecule has 0 spiro atoms. The summed E-state index contributed by atoms with van der Waals surface area (Å²) in [5.41, 5.74) is -1.42. The molecule has 0 amide bonds. The Morgan fingerprint density at radius 1 is 1.24 bits per heavy atom. The molecule has 12 heteroatoms. The van der Waals surface area contributed by atoms with E-state index in [0.717, 1.165) is 16.9 Å². The summed E-state index contributed by atoms with van der Waals surface area (Å²) in [5.74, 6) is -0.649. The Kier molecular flexibility index (Phi) is 6.85. The van der Waals surface area contributed by atoms with Crippen molar-refractivity contribution in [2.75, 3.05) is 14.2 Å². The molecule has 2 aromatic heterocycles. The minimum absolute atomic E-state index is 0.0796. The van der Waals surface area contributed by atoms with Crippen LogP contribution in [0.3, 0.4) is 0 Å². The number of rotatable bonds is 7. The molecule has 3 aromatic rings. The van der Waals surface area contributed by atoms with Crippen molar-refractivity contribution in [1.82, 2.24) is 14.7 Å². The average molecular weight is 465 g/mol. The fourth-order valence-corrected chi connectivity index (χ4v) is 2.75. The van der Waals surface area contributed by atoms with Crippen LogP contribution >= 0.6 is 0 Å². The lowest BCUT2D eigenvalue weighted by Gasteiger charge is -2.11. The van der Waals surface area contributed by atoms with Crippen LogP contribution in [-0.2, 0) is 27.0 Å². The summed E-state index contributed by atoms with van der Waals surface area (Å²) in [4.78, 5) is 28.1. The Bertz CT molecular complexity index is 1250. The van der Waals surface area contributed by atoms with Crippen LogP contribution < -0.4 is 10.3 Å². The standard InChI is InChI=1S/C21H18F3N3O6/c1-12-6-7-13(9-15(12)32-16(11-30-2)20(29)31-3)18-25-17(33-26-18)10-27-8-4-5-14(19(27)28)21(22,23)24/h4-9,11H,10H2,1-3H3/b16-11-. The Hall–Kier alpha value is -4.09. The Balaban J connectivity index is 1.87. The average Bonchev–Trinajstić information content (AvgIpc) is 3.23. The number of nitrogens with zero attached hydrogens (tertiary/aromatic N) is 3. The number of aryl methyl sites for hydroxylation is 1. The molecule has 0 saturated heterocycles. The van der Waals surface area contributed by atoms with E-state index in [1.165, 1.54) is 26.5 Å². The molecule has 0 atom stereocenters. The lowest BCUT2D eigenvalue weighted by Crippen LogP contribution is -2.28. The lowest BCUT2D eigenvalue weighted by molar-refractivity contribution is -0.139. The number of hydrogen-bond donors (Lipinski definition) is 0. The third-order valence-corrected chi connectivity index (χ3v) is 4.38. The van der Waals surface area contributed by atoms with Gasteiger partial charge in [0.15, 0.2) is 0 Å². The molecule has 0 unspecified atom stereocenters. The maximum absolute atomic E-state index is 13.0. The van der Waals surface area contributed by atoms with Gasteiger partial charge in [-0.2, -0.15) is 18.2 Å². The van der Waals surface area contributed by atoms with Crippen LogP contribution in [0.4, 0.5) is 13.2 Å². The predicted molar refractivity (Wildman–Crippen MR) is 107 cm³/mol. The van der Waals surface area contributed by atoms with Crippen LogP contribution in [0.5, 0.6) is 5.75 Å². The number of esters is 1. The summed E-state index contributed by atoms with van der Waals surface area (Å²) in [5, 5.41) is 3.81. The van der Waals surface area contributed by atoms with Crippen LogP contribution in [0.1, 0.15) is 17.0 Å². The van der Waals surface area contributed by atoms with Crippen LogP contribution in [0, 0.1) is 6.92 Å². The maximum Gasteiger partial charge on any atom is 0.421 e. The van der Waals surface area contributed by atoms with Crippen LogP contribution in [-0.4, -0.2) is 34.9 Å². The third-order valence-electron chi connectivity index (χ3n) is 4.38. The fourth-order valence-electron chi connectivity index (χ4n) is 2.75. The third kappa shape index (κ3) is 5.40. The van der Waals surface area contributed by atoms with Crippen LogP contribution in [0.15, 0.2) is 57.9 Å². The molecule has 1 aromatic carbocycles. The largest absolute Gasteiger partial charge is 0.500 e. The Morgan fingerprint density at radius 3 is 2.67 bits per heavy atom. The van der Waals surface area contributed by atoms with Crippen molar-refractivity contribution in [3.05, 3.63) is 75.9 Å². The minimum Gasteiger partial charge on any atom is -0.500 e. The Morgan fingerprint density at radius 2 is 2.00 bits per heavy atom. The quantitative estimate of drug-likeness (QED) is 0.297. The molecule has 33 heavy (non-hydrogen) atoms. The number of ether oxygens (including phenoxy) is 3. The zero-order valence-corrected chi connectivity index (χ0v) is 17.7. The van der Waals surface area contributed by atoms with Crippen molar-refractivity contribution in [2.45, 2.75) is 19.6 Å². The monoisotopic (exact) mass is 465 g/mol. The van der Waals surface area contributed by atoms with Gasteiger partial charge in [0.1, 0.15) is 24.1 Å². The summed E-state index contributed by atoms with van der Waals surface area (Å²) < 4.78 is 59.8. The van der Waals surface area contributed by atoms with Gasteiger partial charge in [0, 0.05) is 11.8 Å². The molecule has 0 radical (unpaired) electrons. The second kappa shape index (κ2) is 9.59. The first-order valence-electron chi connectivity index (χ1n) is 9.33. The van der Waals surface area contributed by atoms with E-state index >= 15 is 0 Å². The number of aromatic nitrogens is 3. The zero-order chi connectivity index (χ0) is 24.2. The maximum atomic E-state index is 13.0. The highest BCUT2D eigenvalue weighted by molar-refractivity contribution is 5.86. The van der Waals surface area contributed by atoms with Gasteiger partial charge in [-0.1, -0.05) is 17.3 Å². The number of carbonyl (C=O) groups excluding carboxylic acids is 1. The van der Waals surface area contributed by atoms with Gasteiger partial charge in [-0.25, -0.2) is 4.79 Å². The first-order chi connectivity index (χ1) is 15.6. The highest BCUT2D eigenvalue weighted by Gasteiger charge is 2.34. The number of benzene rings is 1. The molecular weight excluding hydrogens is 447 g/mol. The van der Waals surface area contributed by atoms with E-state index in [2.05, 4.69) is 14.9 Å². The summed E-state index contributed by atoms with van der Waals surface area (Å²) in [6.45, 7) is 1.39. The number of methoxy groups -OCH3 is 2. The number of alkyl halides is 3. The SMILES string of the molecule is CO/C=C(\Oc1cc(-c2noc(Cn3cccc(C(F)(F)F)c3=O)n2)ccc1C)C(=O)OC. The van der Waals surface area contributed by atoms with Crippen molar-refractivity contribution in [3.63, 3.8) is 0 Å². The van der Waals surface area contributed by atoms with E-state index in [9.17, 15) is 22.8 Å². The van der Waals surface area contributed by atoms with Crippen molar-refractivity contribution in [2.24, 2.45) is 0 Å². The summed E-state index contributed by atoms with van der Waals surface area (Å²) in [6, 6.07) is 6.68. The van der Waals surface area contributed by atoms with Gasteiger partial charge in [0.25, 0.3) is 5.56 Å². The van der Waals surface area contributed by atoms with E-state index in [4.69, 9.17) is 14.0 Å². The summed E-state index contributed by atoms with van der Waals surface area (Å²) >= 11 is 0. The lowest BCUT2D eigenvalue weighted by atomic mass is 10.1. The van der Waals surface area contributed by atoms with Crippen molar-refractivity contribution in [1.29, 1.82) is 0 Å². The predicted octanol–water partition coefficient (Wildman–Crippen LogP) is 3.31. The van der Waals surface area contributed by atoms with Crippen molar-refractivity contribution >= 4 is 5.97 Å². The topological polar surface area (TPSA) is 106 Å². The highest BCUT2D eigenvalue weighted by Crippen LogP contribution is 2.28. The second-order valence-corrected chi connectivity index (χ2v) is 6.66. The van der Waals surface area contributed by atoms with Gasteiger partial charge in [0.2, 0.25) is 17.5 Å². The van der Waals surface area contributed by atoms with Gasteiger partial charge in [-0.15, -0.1) is 0 Å². The minimum atomic E-state index is -4.78. The van der Waals surface area contributed by atoms with Gasteiger partial charge in [0.05, 0.1) is 14.2 Å².